The fourth-order valence-electron chi connectivity index (χ4n) is 3.29. The van der Waals surface area contributed by atoms with Crippen LogP contribution in [0.4, 0.5) is 5.13 Å². The highest BCUT2D eigenvalue weighted by molar-refractivity contribution is 7.13. The topological polar surface area (TPSA) is 84.7 Å². The number of hydrogen-bond acceptors (Lipinski definition) is 8. The Morgan fingerprint density at radius 3 is 2.66 bits per heavy atom. The third-order valence-corrected chi connectivity index (χ3v) is 5.88. The molecule has 1 fully saturated rings. The van der Waals surface area contributed by atoms with Crippen LogP contribution in [0.15, 0.2) is 29.6 Å². The van der Waals surface area contributed by atoms with Crippen LogP contribution in [0.2, 0.25) is 0 Å². The van der Waals surface area contributed by atoms with Gasteiger partial charge in [0.1, 0.15) is 5.75 Å². The lowest BCUT2D eigenvalue weighted by atomic mass is 9.94. The van der Waals surface area contributed by atoms with Gasteiger partial charge in [-0.15, -0.1) is 11.3 Å². The Labute approximate surface area is 175 Å². The molecular formula is C21H27N3O4S. The molecule has 1 aromatic heterocycles. The number of esters is 1. The third-order valence-electron chi connectivity index (χ3n) is 4.98. The number of aromatic nitrogens is 1. The molecule has 8 heteroatoms. The molecule has 1 saturated heterocycles. The molecule has 0 spiro atoms. The Morgan fingerprint density at radius 1 is 1.28 bits per heavy atom. The van der Waals surface area contributed by atoms with E-state index in [1.54, 1.807) is 12.3 Å². The molecule has 1 aromatic carbocycles. The minimum atomic E-state index is -0.353. The molecule has 0 radical (unpaired) electrons. The summed E-state index contributed by atoms with van der Waals surface area (Å²) in [6.45, 7) is 4.71. The van der Waals surface area contributed by atoms with E-state index in [1.807, 2.05) is 24.3 Å². The molecule has 7 nitrogen and oxygen atoms in total. The number of ether oxygens (including phenoxy) is 3. The van der Waals surface area contributed by atoms with Gasteiger partial charge < -0.3 is 19.1 Å². The van der Waals surface area contributed by atoms with E-state index in [-0.39, 0.29) is 11.9 Å². The normalized spacial score (nSPS) is 14.5. The van der Waals surface area contributed by atoms with Gasteiger partial charge in [0, 0.05) is 24.0 Å². The van der Waals surface area contributed by atoms with Crippen molar-refractivity contribution in [2.45, 2.75) is 26.2 Å². The van der Waals surface area contributed by atoms with Gasteiger partial charge in [-0.3, -0.25) is 5.41 Å². The lowest BCUT2D eigenvalue weighted by molar-refractivity contribution is 0.0520. The second-order valence-electron chi connectivity index (χ2n) is 6.86. The molecule has 0 saturated carbocycles. The van der Waals surface area contributed by atoms with Crippen LogP contribution in [0.3, 0.4) is 0 Å². The first-order valence-corrected chi connectivity index (χ1v) is 10.7. The first-order chi connectivity index (χ1) is 14.1. The summed E-state index contributed by atoms with van der Waals surface area (Å²) >= 11 is 1.50. The average molecular weight is 418 g/mol. The molecule has 1 aliphatic rings. The lowest BCUT2D eigenvalue weighted by Crippen LogP contribution is -2.34. The quantitative estimate of drug-likeness (QED) is 0.397. The summed E-state index contributed by atoms with van der Waals surface area (Å²) in [7, 11) is 1.49. The molecular weight excluding hydrogens is 390 g/mol. The van der Waals surface area contributed by atoms with E-state index >= 15 is 0 Å². The summed E-state index contributed by atoms with van der Waals surface area (Å²) < 4.78 is 15.8. The zero-order valence-electron chi connectivity index (χ0n) is 16.8. The van der Waals surface area contributed by atoms with Crippen molar-refractivity contribution < 1.29 is 19.0 Å². The molecule has 0 aliphatic carbocycles. The molecule has 1 N–H and O–H groups in total. The Kier molecular flexibility index (Phi) is 7.46. The van der Waals surface area contributed by atoms with Crippen molar-refractivity contribution in [3.05, 3.63) is 40.9 Å². The van der Waals surface area contributed by atoms with Gasteiger partial charge >= 0.3 is 5.97 Å². The number of piperidine rings is 1. The number of rotatable bonds is 8. The third kappa shape index (κ3) is 5.69. The standard InChI is InChI=1S/C21H27N3O4S/c1-3-27-20(25)18-14-29-21(23-18)24-11-8-15(9-12-24)10-13-28-17-6-4-16(5-7-17)19(22)26-2/h4-7,14-15,22H,3,8-13H2,1-2H3. The van der Waals surface area contributed by atoms with Crippen LogP contribution in [-0.2, 0) is 9.47 Å². The minimum Gasteiger partial charge on any atom is -0.494 e. The van der Waals surface area contributed by atoms with Gasteiger partial charge in [0.05, 0.1) is 20.3 Å². The van der Waals surface area contributed by atoms with E-state index in [1.165, 1.54) is 18.4 Å². The summed E-state index contributed by atoms with van der Waals surface area (Å²) in [5, 5.41) is 10.3. The summed E-state index contributed by atoms with van der Waals surface area (Å²) in [5.41, 5.74) is 1.13. The van der Waals surface area contributed by atoms with Crippen LogP contribution in [0, 0.1) is 11.3 Å². The van der Waals surface area contributed by atoms with E-state index in [2.05, 4.69) is 9.88 Å². The van der Waals surface area contributed by atoms with Crippen molar-refractivity contribution in [3.8, 4) is 5.75 Å². The summed E-state index contributed by atoms with van der Waals surface area (Å²) in [4.78, 5) is 18.4. The predicted octanol–water partition coefficient (Wildman–Crippen LogP) is 3.98. The SMILES string of the molecule is CCOC(=O)c1csc(N2CCC(CCOc3ccc(C(=N)OC)cc3)CC2)n1. The number of nitrogens with one attached hydrogen (secondary N) is 1. The second-order valence-corrected chi connectivity index (χ2v) is 7.70. The maximum atomic E-state index is 11.8. The summed E-state index contributed by atoms with van der Waals surface area (Å²) in [6, 6.07) is 7.40. The number of nitrogens with zero attached hydrogens (tertiary/aromatic N) is 2. The first kappa shape index (κ1) is 21.1. The molecule has 0 bridgehead atoms. The van der Waals surface area contributed by atoms with E-state index in [0.29, 0.717) is 24.8 Å². The molecule has 156 valence electrons. The van der Waals surface area contributed by atoms with Gasteiger partial charge in [-0.05, 0) is 56.4 Å². The number of carbonyl (C=O) groups is 1. The monoisotopic (exact) mass is 417 g/mol. The van der Waals surface area contributed by atoms with Gasteiger partial charge in [0.15, 0.2) is 10.8 Å². The zero-order chi connectivity index (χ0) is 20.6. The van der Waals surface area contributed by atoms with Crippen molar-refractivity contribution in [1.29, 1.82) is 5.41 Å². The van der Waals surface area contributed by atoms with Crippen molar-refractivity contribution in [3.63, 3.8) is 0 Å². The Bertz CT molecular complexity index is 814. The molecule has 2 aromatic rings. The molecule has 0 unspecified atom stereocenters. The van der Waals surface area contributed by atoms with E-state index in [4.69, 9.17) is 19.6 Å². The van der Waals surface area contributed by atoms with Crippen LogP contribution in [0.1, 0.15) is 42.2 Å². The van der Waals surface area contributed by atoms with Crippen molar-refractivity contribution in [1.82, 2.24) is 4.98 Å². The number of benzene rings is 1. The van der Waals surface area contributed by atoms with Gasteiger partial charge in [-0.25, -0.2) is 9.78 Å². The molecule has 29 heavy (non-hydrogen) atoms. The fraction of sp³-hybridized carbons (Fsp3) is 0.476. The predicted molar refractivity (Wildman–Crippen MR) is 113 cm³/mol. The number of hydrogen-bond donors (Lipinski definition) is 1. The van der Waals surface area contributed by atoms with E-state index in [0.717, 1.165) is 48.8 Å². The number of anilines is 1. The van der Waals surface area contributed by atoms with Crippen molar-refractivity contribution in [2.75, 3.05) is 38.3 Å². The fourth-order valence-corrected chi connectivity index (χ4v) is 4.13. The molecule has 1 aliphatic heterocycles. The Balaban J connectivity index is 1.40. The molecule has 0 amide bonds. The maximum Gasteiger partial charge on any atom is 0.357 e. The molecule has 0 atom stereocenters. The van der Waals surface area contributed by atoms with Crippen LogP contribution in [0.5, 0.6) is 5.75 Å². The summed E-state index contributed by atoms with van der Waals surface area (Å²) in [6.07, 6.45) is 3.18. The molecule has 2 heterocycles. The van der Waals surface area contributed by atoms with Crippen LogP contribution in [0.25, 0.3) is 0 Å². The maximum absolute atomic E-state index is 11.8. The number of methoxy groups -OCH3 is 1. The lowest BCUT2D eigenvalue weighted by Gasteiger charge is -2.31. The zero-order valence-corrected chi connectivity index (χ0v) is 17.7. The van der Waals surface area contributed by atoms with Gasteiger partial charge in [0.25, 0.3) is 0 Å². The van der Waals surface area contributed by atoms with Gasteiger partial charge in [-0.2, -0.15) is 0 Å². The highest BCUT2D eigenvalue weighted by Gasteiger charge is 2.22. The Morgan fingerprint density at radius 2 is 2.00 bits per heavy atom. The van der Waals surface area contributed by atoms with Crippen molar-refractivity contribution >= 4 is 28.3 Å². The van der Waals surface area contributed by atoms with Gasteiger partial charge in [0.2, 0.25) is 5.90 Å². The number of carbonyl (C=O) groups excluding carboxylic acids is 1. The average Bonchev–Trinajstić information content (AvgIpc) is 3.25. The largest absolute Gasteiger partial charge is 0.494 e. The highest BCUT2D eigenvalue weighted by Crippen LogP contribution is 2.28. The van der Waals surface area contributed by atoms with Crippen LogP contribution in [-0.4, -0.2) is 50.3 Å². The summed E-state index contributed by atoms with van der Waals surface area (Å²) in [5.74, 6) is 1.23. The van der Waals surface area contributed by atoms with E-state index in [9.17, 15) is 4.79 Å². The van der Waals surface area contributed by atoms with E-state index < -0.39 is 0 Å². The minimum absolute atomic E-state index is 0.151. The molecule has 3 rings (SSSR count). The smallest absolute Gasteiger partial charge is 0.357 e. The second kappa shape index (κ2) is 10.2. The Hall–Kier alpha value is -2.61. The van der Waals surface area contributed by atoms with Crippen molar-refractivity contribution in [2.24, 2.45) is 5.92 Å². The van der Waals surface area contributed by atoms with Crippen LogP contribution < -0.4 is 9.64 Å². The highest BCUT2D eigenvalue weighted by atomic mass is 32.1. The number of thiazole rings is 1. The first-order valence-electron chi connectivity index (χ1n) is 9.84. The van der Waals surface area contributed by atoms with Gasteiger partial charge in [-0.1, -0.05) is 0 Å². The van der Waals surface area contributed by atoms with Crippen LogP contribution >= 0.6 is 11.3 Å².